The molecule has 1 atom stereocenters. The van der Waals surface area contributed by atoms with E-state index in [-0.39, 0.29) is 16.6 Å². The molecular weight excluding hydrogens is 400 g/mol. The molecule has 0 spiro atoms. The van der Waals surface area contributed by atoms with Crippen molar-refractivity contribution in [2.24, 2.45) is 12.0 Å². The van der Waals surface area contributed by atoms with Crippen molar-refractivity contribution in [3.05, 3.63) is 86.8 Å². The summed E-state index contributed by atoms with van der Waals surface area (Å²) in [6.45, 7) is 0. The highest BCUT2D eigenvalue weighted by Crippen LogP contribution is 2.47. The number of thiophene rings is 1. The summed E-state index contributed by atoms with van der Waals surface area (Å²) in [6, 6.07) is 19.5. The Balaban J connectivity index is 1.76. The Bertz CT molecular complexity index is 1310. The summed E-state index contributed by atoms with van der Waals surface area (Å²) in [4.78, 5) is 20.4. The van der Waals surface area contributed by atoms with Crippen LogP contribution in [0.4, 0.5) is 5.69 Å². The Hall–Kier alpha value is -2.83. The van der Waals surface area contributed by atoms with Gasteiger partial charge >= 0.3 is 0 Å². The zero-order valence-electron chi connectivity index (χ0n) is 15.7. The smallest absolute Gasteiger partial charge is 0.263 e. The molecule has 144 valence electrons. The zero-order chi connectivity index (χ0) is 20.0. The first-order valence-electron chi connectivity index (χ1n) is 9.31. The molecule has 0 aliphatic carbocycles. The Labute approximate surface area is 176 Å². The maximum absolute atomic E-state index is 13.2. The van der Waals surface area contributed by atoms with Crippen LogP contribution in [-0.2, 0) is 7.05 Å². The molecule has 6 heteroatoms. The van der Waals surface area contributed by atoms with Gasteiger partial charge in [0.25, 0.3) is 5.56 Å². The highest BCUT2D eigenvalue weighted by atomic mass is 32.2. The molecule has 0 amide bonds. The van der Waals surface area contributed by atoms with Gasteiger partial charge in [-0.3, -0.25) is 9.79 Å². The fourth-order valence-corrected chi connectivity index (χ4v) is 5.89. The Kier molecular flexibility index (Phi) is 4.53. The Morgan fingerprint density at radius 1 is 1.07 bits per heavy atom. The number of hydrogen-bond acceptors (Lipinski definition) is 5. The van der Waals surface area contributed by atoms with Crippen molar-refractivity contribution in [2.75, 3.05) is 0 Å². The number of rotatable bonds is 2. The van der Waals surface area contributed by atoms with E-state index in [0.29, 0.717) is 28.6 Å². The van der Waals surface area contributed by atoms with Crippen molar-refractivity contribution in [3.8, 4) is 5.75 Å². The molecular formula is C23H18N2O2S2. The number of para-hydroxylation sites is 2. The van der Waals surface area contributed by atoms with Crippen molar-refractivity contribution in [1.29, 1.82) is 0 Å². The van der Waals surface area contributed by atoms with E-state index in [1.165, 1.54) is 4.88 Å². The third-order valence-corrected chi connectivity index (χ3v) is 7.63. The number of hydrogen-bond donors (Lipinski definition) is 1. The van der Waals surface area contributed by atoms with E-state index in [2.05, 4.69) is 17.5 Å². The summed E-state index contributed by atoms with van der Waals surface area (Å²) in [7, 11) is 1.74. The van der Waals surface area contributed by atoms with E-state index in [1.54, 1.807) is 34.7 Å². The van der Waals surface area contributed by atoms with Gasteiger partial charge in [-0.05, 0) is 35.7 Å². The van der Waals surface area contributed by atoms with Gasteiger partial charge in [-0.1, -0.05) is 30.3 Å². The molecule has 4 aromatic rings. The van der Waals surface area contributed by atoms with Crippen molar-refractivity contribution < 1.29 is 5.11 Å². The first-order valence-corrected chi connectivity index (χ1v) is 11.1. The number of aliphatic imine (C=N–C) groups is 1. The predicted molar refractivity (Wildman–Crippen MR) is 121 cm³/mol. The second-order valence-electron chi connectivity index (χ2n) is 6.96. The summed E-state index contributed by atoms with van der Waals surface area (Å²) in [5.74, 6) is 0.0109. The van der Waals surface area contributed by atoms with E-state index in [9.17, 15) is 9.90 Å². The van der Waals surface area contributed by atoms with Crippen LogP contribution in [0.15, 0.2) is 80.7 Å². The second-order valence-corrected chi connectivity index (χ2v) is 9.18. The zero-order valence-corrected chi connectivity index (χ0v) is 17.3. The minimum absolute atomic E-state index is 0.0109. The van der Waals surface area contributed by atoms with Gasteiger partial charge in [0.05, 0.1) is 16.9 Å². The molecule has 0 radical (unpaired) electrons. The van der Waals surface area contributed by atoms with Gasteiger partial charge in [0.15, 0.2) is 0 Å². The summed E-state index contributed by atoms with van der Waals surface area (Å²) in [5, 5.41) is 13.9. The van der Waals surface area contributed by atoms with Crippen LogP contribution in [-0.4, -0.2) is 15.4 Å². The normalized spacial score (nSPS) is 16.3. The van der Waals surface area contributed by atoms with E-state index >= 15 is 0 Å². The maximum atomic E-state index is 13.2. The number of aromatic hydroxyl groups is 1. The lowest BCUT2D eigenvalue weighted by atomic mass is 10.0. The number of fused-ring (bicyclic) bond motifs is 2. The Morgan fingerprint density at radius 3 is 2.69 bits per heavy atom. The fraction of sp³-hybridized carbons (Fsp3) is 0.130. The van der Waals surface area contributed by atoms with E-state index < -0.39 is 0 Å². The topological polar surface area (TPSA) is 54.6 Å². The highest BCUT2D eigenvalue weighted by molar-refractivity contribution is 7.99. The van der Waals surface area contributed by atoms with Crippen LogP contribution in [0.5, 0.6) is 5.75 Å². The lowest BCUT2D eigenvalue weighted by Crippen LogP contribution is -2.25. The number of aryl methyl sites for hydroxylation is 1. The van der Waals surface area contributed by atoms with Gasteiger partial charge in [-0.2, -0.15) is 0 Å². The van der Waals surface area contributed by atoms with E-state index in [4.69, 9.17) is 4.99 Å². The first kappa shape index (κ1) is 18.2. The largest absolute Gasteiger partial charge is 0.506 e. The maximum Gasteiger partial charge on any atom is 0.263 e. The molecule has 0 fully saturated rings. The summed E-state index contributed by atoms with van der Waals surface area (Å²) < 4.78 is 1.59. The first-order chi connectivity index (χ1) is 14.1. The minimum atomic E-state index is -0.228. The molecule has 29 heavy (non-hydrogen) atoms. The van der Waals surface area contributed by atoms with Crippen LogP contribution >= 0.6 is 23.1 Å². The van der Waals surface area contributed by atoms with E-state index in [0.717, 1.165) is 10.6 Å². The SMILES string of the molecule is Cn1c(=O)c(C2=Nc3ccccc3S[C@H](c3cccs3)C2)c(O)c2ccccc21. The third-order valence-electron chi connectivity index (χ3n) is 5.19. The summed E-state index contributed by atoms with van der Waals surface area (Å²) in [5.41, 5.74) is 2.24. The molecule has 3 heterocycles. The van der Waals surface area contributed by atoms with Gasteiger partial charge in [-0.15, -0.1) is 23.1 Å². The average Bonchev–Trinajstić information content (AvgIpc) is 3.21. The highest BCUT2D eigenvalue weighted by Gasteiger charge is 2.27. The lowest BCUT2D eigenvalue weighted by molar-refractivity contribution is 0.478. The van der Waals surface area contributed by atoms with Gasteiger partial charge in [0, 0.05) is 33.9 Å². The van der Waals surface area contributed by atoms with Crippen molar-refractivity contribution in [3.63, 3.8) is 0 Å². The van der Waals surface area contributed by atoms with Crippen LogP contribution in [0.25, 0.3) is 10.9 Å². The van der Waals surface area contributed by atoms with Crippen LogP contribution in [0.1, 0.15) is 22.1 Å². The number of aromatic nitrogens is 1. The molecule has 0 saturated heterocycles. The monoisotopic (exact) mass is 418 g/mol. The van der Waals surface area contributed by atoms with E-state index in [1.807, 2.05) is 48.5 Å². The molecule has 1 N–H and O–H groups in total. The summed E-state index contributed by atoms with van der Waals surface area (Å²) in [6.07, 6.45) is 0.570. The van der Waals surface area contributed by atoms with Crippen LogP contribution in [0, 0.1) is 0 Å². The standard InChI is InChI=1S/C23H18N2O2S2/c1-25-17-9-4-2-7-14(17)22(26)21(23(25)27)16-13-20(19-11-6-12-28-19)29-18-10-5-3-8-15(18)24-16/h2-12,20,26H,13H2,1H3/t20-/m0/s1. The summed E-state index contributed by atoms with van der Waals surface area (Å²) >= 11 is 3.46. The van der Waals surface area contributed by atoms with Crippen molar-refractivity contribution in [2.45, 2.75) is 16.6 Å². The predicted octanol–water partition coefficient (Wildman–Crippen LogP) is 5.66. The minimum Gasteiger partial charge on any atom is -0.506 e. The van der Waals surface area contributed by atoms with Gasteiger partial charge < -0.3 is 9.67 Å². The Morgan fingerprint density at radius 2 is 1.86 bits per heavy atom. The van der Waals surface area contributed by atoms with Gasteiger partial charge in [0.1, 0.15) is 11.3 Å². The molecule has 1 aliphatic rings. The number of benzene rings is 2. The molecule has 1 aliphatic heterocycles. The third kappa shape index (κ3) is 3.09. The molecule has 0 saturated carbocycles. The van der Waals surface area contributed by atoms with Gasteiger partial charge in [-0.25, -0.2) is 0 Å². The lowest BCUT2D eigenvalue weighted by Gasteiger charge is -2.16. The fourth-order valence-electron chi connectivity index (χ4n) is 3.74. The molecule has 5 rings (SSSR count). The van der Waals surface area contributed by atoms with Crippen LogP contribution < -0.4 is 5.56 Å². The van der Waals surface area contributed by atoms with Crippen molar-refractivity contribution in [1.82, 2.24) is 4.57 Å². The molecule has 2 aromatic heterocycles. The number of nitrogens with zero attached hydrogens (tertiary/aromatic N) is 2. The van der Waals surface area contributed by atoms with Gasteiger partial charge in [0.2, 0.25) is 0 Å². The number of thioether (sulfide) groups is 1. The molecule has 0 unspecified atom stereocenters. The second kappa shape index (κ2) is 7.21. The van der Waals surface area contributed by atoms with Crippen LogP contribution in [0.3, 0.4) is 0 Å². The molecule has 0 bridgehead atoms. The van der Waals surface area contributed by atoms with Crippen molar-refractivity contribution >= 4 is 45.4 Å². The molecule has 4 nitrogen and oxygen atoms in total. The van der Waals surface area contributed by atoms with Crippen LogP contribution in [0.2, 0.25) is 0 Å². The molecule has 2 aromatic carbocycles. The average molecular weight is 419 g/mol. The quantitative estimate of drug-likeness (QED) is 0.457. The number of pyridine rings is 1.